The van der Waals surface area contributed by atoms with E-state index in [2.05, 4.69) is 44.6 Å². The van der Waals surface area contributed by atoms with Gasteiger partial charge >= 0.3 is 12.2 Å². The first-order valence-electron chi connectivity index (χ1n) is 14.7. The number of anilines is 1. The van der Waals surface area contributed by atoms with Gasteiger partial charge < -0.3 is 19.7 Å². The van der Waals surface area contributed by atoms with Crippen LogP contribution in [0.25, 0.3) is 10.9 Å². The van der Waals surface area contributed by atoms with Crippen LogP contribution in [0.4, 0.5) is 15.3 Å². The largest absolute Gasteiger partial charge is 0.450 e. The molecule has 0 aliphatic carbocycles. The van der Waals surface area contributed by atoms with Crippen LogP contribution in [0.5, 0.6) is 0 Å². The highest BCUT2D eigenvalue weighted by Gasteiger charge is 2.47. The smallest absolute Gasteiger partial charge is 0.418 e. The number of aromatic nitrogens is 1. The molecular formula is C31H41Cl2N3O4Si2. The molecule has 1 unspecified atom stereocenters. The number of hydrogen-bond donors (Lipinski definition) is 1. The minimum atomic E-state index is -1.36. The van der Waals surface area contributed by atoms with Gasteiger partial charge in [0.25, 0.3) is 0 Å². The van der Waals surface area contributed by atoms with Crippen molar-refractivity contribution >= 4 is 68.1 Å². The topological polar surface area (TPSA) is 72.8 Å². The highest BCUT2D eigenvalue weighted by atomic mass is 35.5. The molecule has 0 radical (unpaired) electrons. The van der Waals surface area contributed by atoms with Crippen molar-refractivity contribution in [2.75, 3.05) is 25.1 Å². The quantitative estimate of drug-likeness (QED) is 0.259. The van der Waals surface area contributed by atoms with E-state index in [4.69, 9.17) is 32.7 Å². The predicted molar refractivity (Wildman–Crippen MR) is 177 cm³/mol. The lowest BCUT2D eigenvalue weighted by Crippen LogP contribution is -2.38. The normalized spacial score (nSPS) is 20.2. The molecule has 5 rings (SSSR count). The summed E-state index contributed by atoms with van der Waals surface area (Å²) >= 11 is 12.9. The minimum absolute atomic E-state index is 0.0291. The van der Waals surface area contributed by atoms with Crippen molar-refractivity contribution < 1.29 is 19.1 Å². The summed E-state index contributed by atoms with van der Waals surface area (Å²) in [6, 6.07) is 12.7. The molecule has 11 heteroatoms. The number of ether oxygens (including phenoxy) is 2. The second-order valence-electron chi connectivity index (χ2n) is 13.9. The number of halogens is 2. The molecule has 3 aromatic rings. The van der Waals surface area contributed by atoms with Crippen molar-refractivity contribution in [1.82, 2.24) is 9.47 Å². The average molecular weight is 647 g/mol. The Balaban J connectivity index is 1.50. The fourth-order valence-corrected chi connectivity index (χ4v) is 7.71. The van der Waals surface area contributed by atoms with E-state index in [1.807, 2.05) is 41.4 Å². The molecule has 3 heterocycles. The van der Waals surface area contributed by atoms with Crippen molar-refractivity contribution in [2.24, 2.45) is 5.92 Å². The number of nitrogens with one attached hydrogen (secondary N) is 1. The number of carbonyl (C=O) groups is 2. The second-order valence-corrected chi connectivity index (χ2v) is 26.0. The fourth-order valence-electron chi connectivity index (χ4n) is 5.93. The summed E-state index contributed by atoms with van der Waals surface area (Å²) in [5, 5.41) is 5.82. The third kappa shape index (κ3) is 6.69. The molecule has 2 aliphatic rings. The van der Waals surface area contributed by atoms with Gasteiger partial charge in [-0.15, -0.1) is 0 Å². The number of hydrogen-bond acceptors (Lipinski definition) is 5. The molecule has 1 fully saturated rings. The number of benzene rings is 2. The Kier molecular flexibility index (Phi) is 8.78. The Morgan fingerprint density at radius 3 is 2.17 bits per heavy atom. The van der Waals surface area contributed by atoms with E-state index in [1.165, 1.54) is 0 Å². The Morgan fingerprint density at radius 2 is 1.50 bits per heavy atom. The van der Waals surface area contributed by atoms with Crippen LogP contribution in [0.1, 0.15) is 29.6 Å². The van der Waals surface area contributed by atoms with Gasteiger partial charge in [-0.2, -0.15) is 0 Å². The summed E-state index contributed by atoms with van der Waals surface area (Å²) in [6.07, 6.45) is 1.96. The molecule has 1 N–H and O–H groups in total. The van der Waals surface area contributed by atoms with Crippen LogP contribution in [-0.4, -0.2) is 57.6 Å². The van der Waals surface area contributed by atoms with E-state index in [0.29, 0.717) is 29.8 Å². The molecule has 7 nitrogen and oxygen atoms in total. The number of carbonyl (C=O) groups excluding carboxylic acids is 2. The van der Waals surface area contributed by atoms with Crippen molar-refractivity contribution in [2.45, 2.75) is 69.9 Å². The van der Waals surface area contributed by atoms with E-state index in [1.54, 1.807) is 10.6 Å². The molecule has 1 amide bonds. The monoisotopic (exact) mass is 645 g/mol. The van der Waals surface area contributed by atoms with E-state index in [9.17, 15) is 9.59 Å². The summed E-state index contributed by atoms with van der Waals surface area (Å²) < 4.78 is 13.1. The van der Waals surface area contributed by atoms with Crippen LogP contribution in [-0.2, 0) is 9.47 Å². The van der Waals surface area contributed by atoms with Gasteiger partial charge in [-0.3, -0.25) is 4.57 Å². The molecule has 0 spiro atoms. The van der Waals surface area contributed by atoms with Gasteiger partial charge in [0.15, 0.2) is 0 Å². The maximum absolute atomic E-state index is 13.4. The SMILES string of the molecule is C[Si](C)(C)CCOC(=O)N1CC[C@@H]2C1c1cc(Cl)ccc1N[C@@H]2c1cn(C(=O)OCC[Si](C)(C)C)c2ccc(Cl)cc12. The molecule has 2 aliphatic heterocycles. The molecule has 1 saturated heterocycles. The maximum Gasteiger partial charge on any atom is 0.418 e. The molecule has 3 atom stereocenters. The average Bonchev–Trinajstić information content (AvgIpc) is 3.49. The van der Waals surface area contributed by atoms with Gasteiger partial charge in [-0.1, -0.05) is 62.5 Å². The highest BCUT2D eigenvalue weighted by molar-refractivity contribution is 6.76. The third-order valence-corrected chi connectivity index (χ3v) is 12.1. The van der Waals surface area contributed by atoms with E-state index in [-0.39, 0.29) is 24.1 Å². The zero-order chi connectivity index (χ0) is 30.4. The Hall–Kier alpha value is -2.47. The highest BCUT2D eigenvalue weighted by Crippen LogP contribution is 2.53. The number of amides is 1. The van der Waals surface area contributed by atoms with Crippen LogP contribution in [0.3, 0.4) is 0 Å². The van der Waals surface area contributed by atoms with Gasteiger partial charge in [0.05, 0.1) is 30.8 Å². The summed E-state index contributed by atoms with van der Waals surface area (Å²) in [5.41, 5.74) is 3.58. The van der Waals surface area contributed by atoms with Gasteiger partial charge in [0.1, 0.15) is 0 Å². The van der Waals surface area contributed by atoms with Gasteiger partial charge in [0.2, 0.25) is 0 Å². The number of fused-ring (bicyclic) bond motifs is 4. The standard InChI is InChI=1S/C31H41Cl2N3O4Si2/c1-41(2,3)15-13-39-30(37)35-12-11-22-28(34-26-9-7-20(32)18-24(26)29(22)35)25-19-36(27-10-8-21(33)17-23(25)27)31(38)40-14-16-42(4,5)6/h7-10,17-19,22,28-29,34H,11-16H2,1-6H3/t22-,28-,29?/m0/s1. The first-order chi connectivity index (χ1) is 19.7. The van der Waals surface area contributed by atoms with E-state index in [0.717, 1.165) is 46.2 Å². The summed E-state index contributed by atoms with van der Waals surface area (Å²) in [6.45, 7) is 15.0. The van der Waals surface area contributed by atoms with Gasteiger partial charge in [0, 0.05) is 61.5 Å². The lowest BCUT2D eigenvalue weighted by molar-refractivity contribution is 0.0964. The Morgan fingerprint density at radius 1 is 0.881 bits per heavy atom. The van der Waals surface area contributed by atoms with Crippen LogP contribution >= 0.6 is 23.2 Å². The molecule has 2 aromatic carbocycles. The third-order valence-electron chi connectivity index (χ3n) is 8.23. The molecule has 0 saturated carbocycles. The zero-order valence-corrected chi connectivity index (χ0v) is 28.8. The number of rotatable bonds is 7. The second kappa shape index (κ2) is 11.9. The van der Waals surface area contributed by atoms with Crippen LogP contribution in [0, 0.1) is 5.92 Å². The van der Waals surface area contributed by atoms with Gasteiger partial charge in [-0.25, -0.2) is 9.59 Å². The van der Waals surface area contributed by atoms with Crippen molar-refractivity contribution in [3.8, 4) is 0 Å². The van der Waals surface area contributed by atoms with Crippen LogP contribution in [0.15, 0.2) is 42.6 Å². The van der Waals surface area contributed by atoms with Crippen molar-refractivity contribution in [3.05, 3.63) is 63.8 Å². The molecule has 226 valence electrons. The zero-order valence-electron chi connectivity index (χ0n) is 25.3. The first-order valence-corrected chi connectivity index (χ1v) is 22.9. The maximum atomic E-state index is 13.4. The summed E-state index contributed by atoms with van der Waals surface area (Å²) in [7, 11) is -2.70. The molecule has 42 heavy (non-hydrogen) atoms. The van der Waals surface area contributed by atoms with Gasteiger partial charge in [-0.05, 0) is 60.5 Å². The predicted octanol–water partition coefficient (Wildman–Crippen LogP) is 9.28. The first kappa shape index (κ1) is 31.0. The van der Waals surface area contributed by atoms with E-state index < -0.39 is 22.2 Å². The lowest BCUT2D eigenvalue weighted by atomic mass is 9.80. The molecule has 0 bridgehead atoms. The Bertz CT molecular complexity index is 1500. The van der Waals surface area contributed by atoms with Crippen molar-refractivity contribution in [1.29, 1.82) is 0 Å². The fraction of sp³-hybridized carbons (Fsp3) is 0.484. The van der Waals surface area contributed by atoms with Crippen LogP contribution < -0.4 is 5.32 Å². The molecule has 1 aromatic heterocycles. The Labute approximate surface area is 260 Å². The summed E-state index contributed by atoms with van der Waals surface area (Å²) in [5.74, 6) is 0.0291. The molecular weight excluding hydrogens is 605 g/mol. The van der Waals surface area contributed by atoms with Crippen LogP contribution in [0.2, 0.25) is 61.4 Å². The summed E-state index contributed by atoms with van der Waals surface area (Å²) in [4.78, 5) is 28.6. The number of nitrogens with zero attached hydrogens (tertiary/aromatic N) is 2. The minimum Gasteiger partial charge on any atom is -0.450 e. The number of likely N-dealkylation sites (tertiary alicyclic amines) is 1. The van der Waals surface area contributed by atoms with E-state index >= 15 is 0 Å². The lowest BCUT2D eigenvalue weighted by Gasteiger charge is -2.39. The van der Waals surface area contributed by atoms with Crippen molar-refractivity contribution in [3.63, 3.8) is 0 Å².